The highest BCUT2D eigenvalue weighted by Crippen LogP contribution is 2.12. The third-order valence-corrected chi connectivity index (χ3v) is 2.69. The van der Waals surface area contributed by atoms with Gasteiger partial charge >= 0.3 is 0 Å². The molecular weight excluding hydrogens is 220 g/mol. The molecule has 0 aromatic heterocycles. The maximum Gasteiger partial charge on any atom is 0.126 e. The highest BCUT2D eigenvalue weighted by molar-refractivity contribution is 5.18. The Morgan fingerprint density at radius 2 is 1.94 bits per heavy atom. The summed E-state index contributed by atoms with van der Waals surface area (Å²) in [5.41, 5.74) is 0.669. The molecule has 0 saturated heterocycles. The fourth-order valence-electron chi connectivity index (χ4n) is 1.81. The van der Waals surface area contributed by atoms with E-state index in [1.807, 2.05) is 7.05 Å². The molecule has 3 heteroatoms. The molecule has 0 radical (unpaired) electrons. The molecule has 1 aromatic carbocycles. The molecule has 0 aliphatic heterocycles. The minimum absolute atomic E-state index is 0.199. The molecule has 0 fully saturated rings. The topological polar surface area (TPSA) is 12.0 Å². The lowest BCUT2D eigenvalue weighted by molar-refractivity contribution is 0.501. The molecule has 1 atom stereocenters. The number of hydrogen-bond acceptors (Lipinski definition) is 1. The van der Waals surface area contributed by atoms with Gasteiger partial charge in [0.15, 0.2) is 0 Å². The third kappa shape index (κ3) is 4.97. The van der Waals surface area contributed by atoms with Gasteiger partial charge in [-0.3, -0.25) is 0 Å². The molecule has 17 heavy (non-hydrogen) atoms. The van der Waals surface area contributed by atoms with Crippen LogP contribution in [-0.4, -0.2) is 13.1 Å². The van der Waals surface area contributed by atoms with E-state index in [4.69, 9.17) is 6.42 Å². The first kappa shape index (κ1) is 13.7. The molecular formula is C14H17F2N. The second-order valence-corrected chi connectivity index (χ2v) is 4.06. The fourth-order valence-corrected chi connectivity index (χ4v) is 1.81. The Bertz CT molecular complexity index is 375. The summed E-state index contributed by atoms with van der Waals surface area (Å²) in [5.74, 6) is 1.52. The summed E-state index contributed by atoms with van der Waals surface area (Å²) in [6.07, 6.45) is 8.34. The Morgan fingerprint density at radius 3 is 2.47 bits per heavy atom. The largest absolute Gasteiger partial charge is 0.317 e. The Balaban J connectivity index is 2.57. The first-order valence-corrected chi connectivity index (χ1v) is 5.71. The minimum Gasteiger partial charge on any atom is -0.317 e. The van der Waals surface area contributed by atoms with Crippen LogP contribution in [0.3, 0.4) is 0 Å². The van der Waals surface area contributed by atoms with Crippen molar-refractivity contribution in [2.24, 2.45) is 0 Å². The first-order chi connectivity index (χ1) is 8.15. The van der Waals surface area contributed by atoms with Gasteiger partial charge in [-0.15, -0.1) is 12.3 Å². The number of unbranched alkanes of at least 4 members (excludes halogenated alkanes) is 1. The van der Waals surface area contributed by atoms with Gasteiger partial charge in [-0.05, 0) is 44.0 Å². The van der Waals surface area contributed by atoms with E-state index >= 15 is 0 Å². The maximum absolute atomic E-state index is 13.0. The second-order valence-electron chi connectivity index (χ2n) is 4.06. The molecule has 0 saturated carbocycles. The zero-order valence-electron chi connectivity index (χ0n) is 9.97. The van der Waals surface area contributed by atoms with Crippen molar-refractivity contribution in [2.75, 3.05) is 7.05 Å². The van der Waals surface area contributed by atoms with Gasteiger partial charge in [0, 0.05) is 18.5 Å². The van der Waals surface area contributed by atoms with Crippen molar-refractivity contribution in [3.63, 3.8) is 0 Å². The SMILES string of the molecule is C#CCCCC(Cc1cc(F)cc(F)c1)NC. The Hall–Kier alpha value is -1.40. The van der Waals surface area contributed by atoms with E-state index in [1.54, 1.807) is 0 Å². The van der Waals surface area contributed by atoms with Gasteiger partial charge < -0.3 is 5.32 Å². The van der Waals surface area contributed by atoms with Crippen LogP contribution in [0.5, 0.6) is 0 Å². The van der Waals surface area contributed by atoms with Gasteiger partial charge in [-0.25, -0.2) is 8.78 Å². The van der Waals surface area contributed by atoms with Crippen molar-refractivity contribution in [3.05, 3.63) is 35.4 Å². The lowest BCUT2D eigenvalue weighted by Crippen LogP contribution is -2.27. The van der Waals surface area contributed by atoms with Crippen molar-refractivity contribution < 1.29 is 8.78 Å². The quantitative estimate of drug-likeness (QED) is 0.592. The van der Waals surface area contributed by atoms with Crippen molar-refractivity contribution in [3.8, 4) is 12.3 Å². The van der Waals surface area contributed by atoms with Crippen molar-refractivity contribution >= 4 is 0 Å². The second kappa shape index (κ2) is 7.03. The van der Waals surface area contributed by atoms with Gasteiger partial charge in [-0.1, -0.05) is 0 Å². The average Bonchev–Trinajstić information content (AvgIpc) is 2.26. The normalized spacial score (nSPS) is 12.1. The average molecular weight is 237 g/mol. The Morgan fingerprint density at radius 1 is 1.29 bits per heavy atom. The van der Waals surface area contributed by atoms with E-state index in [9.17, 15) is 8.78 Å². The van der Waals surface area contributed by atoms with Gasteiger partial charge in [0.05, 0.1) is 0 Å². The van der Waals surface area contributed by atoms with Gasteiger partial charge in [0.2, 0.25) is 0 Å². The summed E-state index contributed by atoms with van der Waals surface area (Å²) >= 11 is 0. The zero-order chi connectivity index (χ0) is 12.7. The standard InChI is InChI=1S/C14H17F2N/c1-3-4-5-6-14(17-2)9-11-7-12(15)10-13(16)8-11/h1,7-8,10,14,17H,4-6,9H2,2H3. The van der Waals surface area contributed by atoms with Crippen LogP contribution in [0, 0.1) is 24.0 Å². The summed E-state index contributed by atoms with van der Waals surface area (Å²) in [6.45, 7) is 0. The molecule has 1 N–H and O–H groups in total. The number of benzene rings is 1. The number of nitrogens with one attached hydrogen (secondary N) is 1. The van der Waals surface area contributed by atoms with Crippen LogP contribution in [0.2, 0.25) is 0 Å². The van der Waals surface area contributed by atoms with Crippen LogP contribution in [0.25, 0.3) is 0 Å². The lowest BCUT2D eigenvalue weighted by Gasteiger charge is -2.15. The molecule has 0 amide bonds. The van der Waals surface area contributed by atoms with E-state index in [0.717, 1.165) is 25.3 Å². The minimum atomic E-state index is -0.529. The highest BCUT2D eigenvalue weighted by atomic mass is 19.1. The number of rotatable bonds is 6. The molecule has 1 aromatic rings. The molecule has 0 bridgehead atoms. The first-order valence-electron chi connectivity index (χ1n) is 5.71. The summed E-state index contributed by atoms with van der Waals surface area (Å²) in [6, 6.07) is 3.82. The van der Waals surface area contributed by atoms with E-state index < -0.39 is 11.6 Å². The van der Waals surface area contributed by atoms with Crippen LogP contribution < -0.4 is 5.32 Å². The lowest BCUT2D eigenvalue weighted by atomic mass is 10.0. The van der Waals surface area contributed by atoms with Crippen LogP contribution in [0.4, 0.5) is 8.78 Å². The Kier molecular flexibility index (Phi) is 5.65. The molecule has 0 spiro atoms. The Labute approximate surface area is 101 Å². The van der Waals surface area contributed by atoms with Gasteiger partial charge in [-0.2, -0.15) is 0 Å². The van der Waals surface area contributed by atoms with E-state index in [1.165, 1.54) is 12.1 Å². The molecule has 0 aliphatic carbocycles. The van der Waals surface area contributed by atoms with E-state index in [-0.39, 0.29) is 6.04 Å². The molecule has 92 valence electrons. The summed E-state index contributed by atoms with van der Waals surface area (Å²) < 4.78 is 26.0. The monoisotopic (exact) mass is 237 g/mol. The molecule has 1 nitrogen and oxygen atoms in total. The van der Waals surface area contributed by atoms with Crippen LogP contribution in [0.1, 0.15) is 24.8 Å². The van der Waals surface area contributed by atoms with Gasteiger partial charge in [0.1, 0.15) is 11.6 Å². The van der Waals surface area contributed by atoms with E-state index in [2.05, 4.69) is 11.2 Å². The highest BCUT2D eigenvalue weighted by Gasteiger charge is 2.08. The van der Waals surface area contributed by atoms with Crippen molar-refractivity contribution in [1.82, 2.24) is 5.32 Å². The zero-order valence-corrected chi connectivity index (χ0v) is 9.97. The number of likely N-dealkylation sites (N-methyl/N-ethyl adjacent to an activating group) is 1. The third-order valence-electron chi connectivity index (χ3n) is 2.69. The van der Waals surface area contributed by atoms with Gasteiger partial charge in [0.25, 0.3) is 0 Å². The maximum atomic E-state index is 13.0. The summed E-state index contributed by atoms with van der Waals surface area (Å²) in [4.78, 5) is 0. The number of terminal acetylenes is 1. The smallest absolute Gasteiger partial charge is 0.126 e. The van der Waals surface area contributed by atoms with Crippen LogP contribution in [-0.2, 0) is 6.42 Å². The molecule has 0 aliphatic rings. The summed E-state index contributed by atoms with van der Waals surface area (Å²) in [5, 5.41) is 3.13. The summed E-state index contributed by atoms with van der Waals surface area (Å²) in [7, 11) is 1.84. The van der Waals surface area contributed by atoms with E-state index in [0.29, 0.717) is 12.0 Å². The molecule has 1 rings (SSSR count). The van der Waals surface area contributed by atoms with Crippen LogP contribution >= 0.6 is 0 Å². The van der Waals surface area contributed by atoms with Crippen molar-refractivity contribution in [1.29, 1.82) is 0 Å². The predicted octanol–water partition coefficient (Wildman–Crippen LogP) is 2.90. The number of hydrogen-bond donors (Lipinski definition) is 1. The van der Waals surface area contributed by atoms with Crippen LogP contribution in [0.15, 0.2) is 18.2 Å². The molecule has 0 heterocycles. The fraction of sp³-hybridized carbons (Fsp3) is 0.429. The van der Waals surface area contributed by atoms with Crippen molar-refractivity contribution in [2.45, 2.75) is 31.7 Å². The number of halogens is 2. The molecule has 1 unspecified atom stereocenters. The predicted molar refractivity (Wildman–Crippen MR) is 65.6 cm³/mol.